The van der Waals surface area contributed by atoms with Crippen molar-refractivity contribution in [3.63, 3.8) is 0 Å². The molecule has 0 aromatic rings. The lowest BCUT2D eigenvalue weighted by molar-refractivity contribution is -0.325. The van der Waals surface area contributed by atoms with Gasteiger partial charge in [0.15, 0.2) is 22.4 Å². The van der Waals surface area contributed by atoms with Gasteiger partial charge < -0.3 is 8.85 Å². The van der Waals surface area contributed by atoms with Crippen molar-refractivity contribution >= 4 is 22.5 Å². The van der Waals surface area contributed by atoms with Gasteiger partial charge in [0.1, 0.15) is 0 Å². The molecular weight excluding hydrogens is 591 g/mol. The summed E-state index contributed by atoms with van der Waals surface area (Å²) in [5, 5.41) is 1.50. The summed E-state index contributed by atoms with van der Waals surface area (Å²) in [5.41, 5.74) is 5.57. The first-order valence-electron chi connectivity index (χ1n) is 17.5. The molecule has 0 heterocycles. The number of hydroxylamine groups is 2. The Kier molecular flexibility index (Phi) is 11.3. The van der Waals surface area contributed by atoms with E-state index in [1.54, 1.807) is 18.1 Å². The van der Waals surface area contributed by atoms with Crippen molar-refractivity contribution in [3.05, 3.63) is 47.1 Å². The first kappa shape index (κ1) is 38.2. The zero-order valence-electron chi connectivity index (χ0n) is 31.7. The summed E-state index contributed by atoms with van der Waals surface area (Å²) in [6.45, 7) is 37.8. The molecule has 7 heteroatoms. The number of carbonyl (C=O) groups is 1. The second-order valence-corrected chi connectivity index (χ2v) is 27.1. The SMILES string of the molecule is C=C1C(=CC=C2CCC[C@]3(C)C(CC)=CCC23)CC(ON(C(C)=O)C(C)C)(O[Si](C)(C)C(C)(C)C)C[C@@H]1O[Si](C)(C)C(C)(C)C. The lowest BCUT2D eigenvalue weighted by atomic mass is 9.64. The monoisotopic (exact) mass is 657 g/mol. The normalized spacial score (nSPS) is 30.2. The van der Waals surface area contributed by atoms with E-state index < -0.39 is 22.4 Å². The molecule has 0 aliphatic heterocycles. The van der Waals surface area contributed by atoms with Crippen LogP contribution in [-0.2, 0) is 18.5 Å². The van der Waals surface area contributed by atoms with Gasteiger partial charge >= 0.3 is 0 Å². The molecule has 0 N–H and O–H groups in total. The fourth-order valence-corrected chi connectivity index (χ4v) is 9.78. The summed E-state index contributed by atoms with van der Waals surface area (Å²) in [5.74, 6) is -0.611. The molecule has 5 nitrogen and oxygen atoms in total. The lowest BCUT2D eigenvalue weighted by Gasteiger charge is -2.52. The minimum Gasteiger partial charge on any atom is -0.410 e. The van der Waals surface area contributed by atoms with Gasteiger partial charge in [0, 0.05) is 19.8 Å². The number of hydrogen-bond donors (Lipinski definition) is 0. The van der Waals surface area contributed by atoms with Gasteiger partial charge in [-0.15, -0.1) is 0 Å². The average Bonchev–Trinajstić information content (AvgIpc) is 3.23. The van der Waals surface area contributed by atoms with Crippen LogP contribution in [0.2, 0.25) is 36.3 Å². The third kappa shape index (κ3) is 8.07. The number of rotatable bonds is 9. The largest absolute Gasteiger partial charge is 0.410 e. The van der Waals surface area contributed by atoms with Crippen molar-refractivity contribution in [1.82, 2.24) is 5.06 Å². The van der Waals surface area contributed by atoms with Crippen LogP contribution >= 0.6 is 0 Å². The quantitative estimate of drug-likeness (QED) is 0.107. The molecule has 0 radical (unpaired) electrons. The zero-order valence-corrected chi connectivity index (χ0v) is 33.7. The van der Waals surface area contributed by atoms with Crippen molar-refractivity contribution in [2.24, 2.45) is 11.3 Å². The fourth-order valence-electron chi connectivity index (χ4n) is 7.06. The third-order valence-corrected chi connectivity index (χ3v) is 20.9. The molecule has 256 valence electrons. The summed E-state index contributed by atoms with van der Waals surface area (Å²) < 4.78 is 14.5. The van der Waals surface area contributed by atoms with Crippen molar-refractivity contribution in [2.75, 3.05) is 0 Å². The van der Waals surface area contributed by atoms with E-state index in [-0.39, 0.29) is 33.5 Å². The molecule has 3 aliphatic rings. The second-order valence-electron chi connectivity index (χ2n) is 17.7. The van der Waals surface area contributed by atoms with E-state index in [9.17, 15) is 4.79 Å². The number of carbonyl (C=O) groups excluding carboxylic acids is 1. The van der Waals surface area contributed by atoms with Gasteiger partial charge in [-0.3, -0.25) is 4.79 Å². The number of amides is 1. The van der Waals surface area contributed by atoms with Gasteiger partial charge in [-0.2, -0.15) is 0 Å². The van der Waals surface area contributed by atoms with E-state index in [1.807, 2.05) is 13.8 Å². The zero-order chi connectivity index (χ0) is 34.4. The highest BCUT2D eigenvalue weighted by Crippen LogP contribution is 2.56. The molecule has 1 amide bonds. The molecule has 3 aliphatic carbocycles. The topological polar surface area (TPSA) is 48.0 Å². The first-order chi connectivity index (χ1) is 20.4. The van der Waals surface area contributed by atoms with Gasteiger partial charge in [-0.25, -0.2) is 9.90 Å². The van der Waals surface area contributed by atoms with Crippen LogP contribution in [0.15, 0.2) is 47.1 Å². The van der Waals surface area contributed by atoms with Crippen LogP contribution in [-0.4, -0.2) is 45.5 Å². The Hall–Kier alpha value is -1.26. The Labute approximate surface area is 279 Å². The molecule has 2 saturated carbocycles. The van der Waals surface area contributed by atoms with E-state index in [2.05, 4.69) is 106 Å². The van der Waals surface area contributed by atoms with Crippen molar-refractivity contribution in [2.45, 2.75) is 175 Å². The number of allylic oxidation sites excluding steroid dienone is 5. The van der Waals surface area contributed by atoms with E-state index in [1.165, 1.54) is 17.9 Å². The summed E-state index contributed by atoms with van der Waals surface area (Å²) in [6.07, 6.45) is 13.9. The highest BCUT2D eigenvalue weighted by atomic mass is 28.4. The Balaban J connectivity index is 2.18. The van der Waals surface area contributed by atoms with E-state index in [0.29, 0.717) is 18.8 Å². The van der Waals surface area contributed by atoms with Crippen LogP contribution in [0.5, 0.6) is 0 Å². The third-order valence-electron chi connectivity index (χ3n) is 11.9. The van der Waals surface area contributed by atoms with E-state index in [0.717, 1.165) is 30.4 Å². The number of hydrogen-bond acceptors (Lipinski definition) is 4. The molecule has 0 saturated heterocycles. The Bertz CT molecular complexity index is 1210. The van der Waals surface area contributed by atoms with Crippen molar-refractivity contribution < 1.29 is 18.5 Å². The maximum absolute atomic E-state index is 13.0. The van der Waals surface area contributed by atoms with Crippen molar-refractivity contribution in [3.8, 4) is 0 Å². The smallest absolute Gasteiger partial charge is 0.243 e. The van der Waals surface area contributed by atoms with Crippen LogP contribution in [0.4, 0.5) is 0 Å². The molecule has 2 unspecified atom stereocenters. The lowest BCUT2D eigenvalue weighted by Crippen LogP contribution is -2.59. The van der Waals surface area contributed by atoms with Crippen LogP contribution in [0.1, 0.15) is 121 Å². The molecule has 0 aromatic carbocycles. The van der Waals surface area contributed by atoms with E-state index >= 15 is 0 Å². The van der Waals surface area contributed by atoms with Gasteiger partial charge in [0.2, 0.25) is 5.91 Å². The molecule has 0 spiro atoms. The summed E-state index contributed by atoms with van der Waals surface area (Å²) in [7, 11) is -4.55. The predicted octanol–water partition coefficient (Wildman–Crippen LogP) is 11.0. The molecule has 45 heavy (non-hydrogen) atoms. The van der Waals surface area contributed by atoms with Gasteiger partial charge in [0.05, 0.1) is 12.1 Å². The van der Waals surface area contributed by atoms with Crippen LogP contribution < -0.4 is 0 Å². The van der Waals surface area contributed by atoms with Gasteiger partial charge in [-0.1, -0.05) is 91.3 Å². The van der Waals surface area contributed by atoms with Crippen molar-refractivity contribution in [1.29, 1.82) is 0 Å². The van der Waals surface area contributed by atoms with Gasteiger partial charge in [0.25, 0.3) is 0 Å². The predicted molar refractivity (Wildman–Crippen MR) is 195 cm³/mol. The highest BCUT2D eigenvalue weighted by molar-refractivity contribution is 6.74. The maximum atomic E-state index is 13.0. The molecule has 3 rings (SSSR count). The molecule has 0 aromatic heterocycles. The average molecular weight is 658 g/mol. The highest BCUT2D eigenvalue weighted by Gasteiger charge is 2.53. The Morgan fingerprint density at radius 3 is 2.20 bits per heavy atom. The molecular formula is C38H67NO4Si2. The first-order valence-corrected chi connectivity index (χ1v) is 23.4. The Morgan fingerprint density at radius 1 is 1.09 bits per heavy atom. The Morgan fingerprint density at radius 2 is 1.69 bits per heavy atom. The van der Waals surface area contributed by atoms with E-state index in [4.69, 9.17) is 13.7 Å². The molecule has 2 fully saturated rings. The number of fused-ring (bicyclic) bond motifs is 1. The van der Waals surface area contributed by atoms with Crippen LogP contribution in [0, 0.1) is 11.3 Å². The molecule has 4 atom stereocenters. The summed E-state index contributed by atoms with van der Waals surface area (Å²) in [6, 6.07) is -0.135. The summed E-state index contributed by atoms with van der Waals surface area (Å²) >= 11 is 0. The number of nitrogens with zero attached hydrogens (tertiary/aromatic N) is 1. The summed E-state index contributed by atoms with van der Waals surface area (Å²) in [4.78, 5) is 19.8. The van der Waals surface area contributed by atoms with Crippen LogP contribution in [0.3, 0.4) is 0 Å². The van der Waals surface area contributed by atoms with Crippen LogP contribution in [0.25, 0.3) is 0 Å². The maximum Gasteiger partial charge on any atom is 0.243 e. The fraction of sp³-hybridized carbons (Fsp3) is 0.763. The second kappa shape index (κ2) is 13.3. The van der Waals surface area contributed by atoms with Gasteiger partial charge in [-0.05, 0) is 105 Å². The molecule has 0 bridgehead atoms. The minimum absolute atomic E-state index is 0.0305. The standard InChI is InChI=1S/C38H67NO4Si2/c1-17-32-22-23-33-30(19-18-24-37(32,33)12)20-21-31-25-38(42-39(27(2)3)29(5)40,43-45(15,16)36(9,10)11)26-34(28(31)4)41-44(13,14)35(6,7)8/h20-22,27,33-34H,4,17-19,23-26H2,1-3,5-16H3/t33?,34-,37+,38?/m0/s1. The minimum atomic E-state index is -2.36.